The Morgan fingerprint density at radius 2 is 2.20 bits per heavy atom. The van der Waals surface area contributed by atoms with Gasteiger partial charge in [-0.2, -0.15) is 0 Å². The molecular formula is C12H18N4O4. The number of piperidine rings is 1. The van der Waals surface area contributed by atoms with Crippen LogP contribution in [0.3, 0.4) is 0 Å². The molecule has 1 aliphatic heterocycles. The lowest BCUT2D eigenvalue weighted by atomic mass is 10.1. The van der Waals surface area contributed by atoms with Gasteiger partial charge in [-0.1, -0.05) is 0 Å². The Morgan fingerprint density at radius 1 is 1.50 bits per heavy atom. The van der Waals surface area contributed by atoms with Crippen LogP contribution in [0.4, 0.5) is 4.79 Å². The van der Waals surface area contributed by atoms with E-state index in [1.54, 1.807) is 0 Å². The molecule has 2 rings (SSSR count). The largest absolute Gasteiger partial charge is 0.480 e. The standard InChI is InChI=1S/C12H18N4O4/c17-9-1-3-16(4-2-9)12(20)15-10(11(18)19)5-8-6-13-7-14-8/h6-7,9-10,17H,1-5H2,(H,13,14)(H,15,20)(H,18,19). The minimum absolute atomic E-state index is 0.150. The second kappa shape index (κ2) is 6.38. The van der Waals surface area contributed by atoms with Crippen LogP contribution in [0, 0.1) is 0 Å². The maximum atomic E-state index is 12.0. The first-order valence-corrected chi connectivity index (χ1v) is 6.50. The number of carboxylic acid groups (broad SMARTS) is 1. The first kappa shape index (κ1) is 14.3. The first-order chi connectivity index (χ1) is 9.56. The Labute approximate surface area is 115 Å². The lowest BCUT2D eigenvalue weighted by Gasteiger charge is -2.30. The van der Waals surface area contributed by atoms with Crippen LogP contribution in [-0.2, 0) is 11.2 Å². The molecule has 0 bridgehead atoms. The molecular weight excluding hydrogens is 264 g/mol. The van der Waals surface area contributed by atoms with E-state index in [0.717, 1.165) is 0 Å². The van der Waals surface area contributed by atoms with E-state index in [1.165, 1.54) is 17.4 Å². The van der Waals surface area contributed by atoms with Crippen molar-refractivity contribution in [2.24, 2.45) is 0 Å². The maximum absolute atomic E-state index is 12.0. The molecule has 8 heteroatoms. The molecule has 4 N–H and O–H groups in total. The molecule has 1 fully saturated rings. The van der Waals surface area contributed by atoms with Gasteiger partial charge in [-0.3, -0.25) is 0 Å². The number of H-pyrrole nitrogens is 1. The molecule has 1 unspecified atom stereocenters. The summed E-state index contributed by atoms with van der Waals surface area (Å²) in [6.07, 6.45) is 3.80. The number of aromatic amines is 1. The summed E-state index contributed by atoms with van der Waals surface area (Å²) < 4.78 is 0. The summed E-state index contributed by atoms with van der Waals surface area (Å²) in [5.74, 6) is -1.09. The molecule has 2 heterocycles. The van der Waals surface area contributed by atoms with Gasteiger partial charge >= 0.3 is 12.0 Å². The minimum Gasteiger partial charge on any atom is -0.480 e. The highest BCUT2D eigenvalue weighted by Crippen LogP contribution is 2.10. The van der Waals surface area contributed by atoms with E-state index in [1.807, 2.05) is 0 Å². The molecule has 1 aromatic rings. The monoisotopic (exact) mass is 282 g/mol. The topological polar surface area (TPSA) is 119 Å². The number of aliphatic carboxylic acids is 1. The second-order valence-electron chi connectivity index (χ2n) is 4.84. The minimum atomic E-state index is -1.09. The third-order valence-electron chi connectivity index (χ3n) is 3.33. The fourth-order valence-electron chi connectivity index (χ4n) is 2.13. The molecule has 0 saturated carbocycles. The highest BCUT2D eigenvalue weighted by Gasteiger charge is 2.26. The summed E-state index contributed by atoms with van der Waals surface area (Å²) in [6, 6.07) is -1.42. The summed E-state index contributed by atoms with van der Waals surface area (Å²) in [7, 11) is 0. The first-order valence-electron chi connectivity index (χ1n) is 6.50. The number of amides is 2. The molecule has 0 aromatic carbocycles. The number of carbonyl (C=O) groups is 2. The number of aliphatic hydroxyl groups excluding tert-OH is 1. The van der Waals surface area contributed by atoms with Gasteiger partial charge in [-0.05, 0) is 12.8 Å². The van der Waals surface area contributed by atoms with Crippen molar-refractivity contribution in [2.45, 2.75) is 31.4 Å². The highest BCUT2D eigenvalue weighted by atomic mass is 16.4. The Balaban J connectivity index is 1.90. The Bertz CT molecular complexity index is 454. The van der Waals surface area contributed by atoms with Gasteiger partial charge in [-0.15, -0.1) is 0 Å². The molecule has 0 aliphatic carbocycles. The van der Waals surface area contributed by atoms with Crippen molar-refractivity contribution in [3.8, 4) is 0 Å². The lowest BCUT2D eigenvalue weighted by molar-refractivity contribution is -0.139. The fraction of sp³-hybridized carbons (Fsp3) is 0.583. The average molecular weight is 282 g/mol. The number of carbonyl (C=O) groups excluding carboxylic acids is 1. The van der Waals surface area contributed by atoms with E-state index in [0.29, 0.717) is 31.6 Å². The third-order valence-corrected chi connectivity index (χ3v) is 3.33. The van der Waals surface area contributed by atoms with Crippen LogP contribution in [0.25, 0.3) is 0 Å². The SMILES string of the molecule is O=C(O)C(Cc1cnc[nH]1)NC(=O)N1CCC(O)CC1. The molecule has 2 amide bonds. The molecule has 1 saturated heterocycles. The average Bonchev–Trinajstić information content (AvgIpc) is 2.91. The molecule has 8 nitrogen and oxygen atoms in total. The zero-order chi connectivity index (χ0) is 14.5. The van der Waals surface area contributed by atoms with E-state index >= 15 is 0 Å². The van der Waals surface area contributed by atoms with Crippen LogP contribution >= 0.6 is 0 Å². The predicted molar refractivity (Wildman–Crippen MR) is 69.1 cm³/mol. The van der Waals surface area contributed by atoms with Crippen molar-refractivity contribution in [1.82, 2.24) is 20.2 Å². The van der Waals surface area contributed by atoms with Gasteiger partial charge in [0.25, 0.3) is 0 Å². The zero-order valence-corrected chi connectivity index (χ0v) is 11.0. The Kier molecular flexibility index (Phi) is 4.57. The number of rotatable bonds is 4. The lowest BCUT2D eigenvalue weighted by Crippen LogP contribution is -2.51. The molecule has 1 aliphatic rings. The third kappa shape index (κ3) is 3.70. The summed E-state index contributed by atoms with van der Waals surface area (Å²) >= 11 is 0. The number of imidazole rings is 1. The fourth-order valence-corrected chi connectivity index (χ4v) is 2.13. The van der Waals surface area contributed by atoms with Crippen LogP contribution in [-0.4, -0.2) is 62.3 Å². The normalized spacial score (nSPS) is 17.8. The molecule has 0 radical (unpaired) electrons. The molecule has 1 aromatic heterocycles. The van der Waals surface area contributed by atoms with Gasteiger partial charge in [0.05, 0.1) is 12.4 Å². The maximum Gasteiger partial charge on any atom is 0.326 e. The number of likely N-dealkylation sites (tertiary alicyclic amines) is 1. The van der Waals surface area contributed by atoms with Crippen molar-refractivity contribution >= 4 is 12.0 Å². The van der Waals surface area contributed by atoms with E-state index in [2.05, 4.69) is 15.3 Å². The van der Waals surface area contributed by atoms with Gasteiger partial charge in [0.2, 0.25) is 0 Å². The number of nitrogens with zero attached hydrogens (tertiary/aromatic N) is 2. The number of urea groups is 1. The van der Waals surface area contributed by atoms with Crippen molar-refractivity contribution in [3.63, 3.8) is 0 Å². The quantitative estimate of drug-likeness (QED) is 0.597. The van der Waals surface area contributed by atoms with Crippen LogP contribution in [0.5, 0.6) is 0 Å². The Hall–Kier alpha value is -2.09. The molecule has 0 spiro atoms. The van der Waals surface area contributed by atoms with Gasteiger partial charge < -0.3 is 25.4 Å². The summed E-state index contributed by atoms with van der Waals surface area (Å²) in [5.41, 5.74) is 0.645. The number of aliphatic hydroxyl groups is 1. The highest BCUT2D eigenvalue weighted by molar-refractivity contribution is 5.82. The van der Waals surface area contributed by atoms with Crippen LogP contribution in [0.2, 0.25) is 0 Å². The smallest absolute Gasteiger partial charge is 0.326 e. The molecule has 110 valence electrons. The van der Waals surface area contributed by atoms with Crippen molar-refractivity contribution in [1.29, 1.82) is 0 Å². The van der Waals surface area contributed by atoms with Crippen molar-refractivity contribution in [2.75, 3.05) is 13.1 Å². The van der Waals surface area contributed by atoms with E-state index < -0.39 is 18.0 Å². The number of nitrogens with one attached hydrogen (secondary N) is 2. The van der Waals surface area contributed by atoms with Crippen molar-refractivity contribution < 1.29 is 19.8 Å². The van der Waals surface area contributed by atoms with E-state index in [-0.39, 0.29) is 12.5 Å². The van der Waals surface area contributed by atoms with E-state index in [9.17, 15) is 14.7 Å². The Morgan fingerprint density at radius 3 is 2.75 bits per heavy atom. The van der Waals surface area contributed by atoms with Gasteiger partial charge in [-0.25, -0.2) is 14.6 Å². The summed E-state index contributed by atoms with van der Waals surface area (Å²) in [4.78, 5) is 31.3. The molecule has 20 heavy (non-hydrogen) atoms. The summed E-state index contributed by atoms with van der Waals surface area (Å²) in [5, 5.41) is 21.0. The van der Waals surface area contributed by atoms with Crippen LogP contribution in [0.15, 0.2) is 12.5 Å². The second-order valence-corrected chi connectivity index (χ2v) is 4.84. The number of carboxylic acids is 1. The van der Waals surface area contributed by atoms with Gasteiger partial charge in [0, 0.05) is 31.4 Å². The molecule has 1 atom stereocenters. The summed E-state index contributed by atoms with van der Waals surface area (Å²) in [6.45, 7) is 0.868. The number of hydrogen-bond acceptors (Lipinski definition) is 4. The van der Waals surface area contributed by atoms with Crippen molar-refractivity contribution in [3.05, 3.63) is 18.2 Å². The number of aromatic nitrogens is 2. The number of hydrogen-bond donors (Lipinski definition) is 4. The predicted octanol–water partition coefficient (Wildman–Crippen LogP) is -0.428. The van der Waals surface area contributed by atoms with Gasteiger partial charge in [0.1, 0.15) is 6.04 Å². The van der Waals surface area contributed by atoms with E-state index in [4.69, 9.17) is 5.11 Å². The van der Waals surface area contributed by atoms with Crippen LogP contribution in [0.1, 0.15) is 18.5 Å². The van der Waals surface area contributed by atoms with Gasteiger partial charge in [0.15, 0.2) is 0 Å². The van der Waals surface area contributed by atoms with Crippen LogP contribution < -0.4 is 5.32 Å². The zero-order valence-electron chi connectivity index (χ0n) is 11.0.